The molecule has 0 spiro atoms. The minimum Gasteiger partial charge on any atom is -0.495 e. The first kappa shape index (κ1) is 19.0. The number of rotatable bonds is 5. The molecule has 0 unspecified atom stereocenters. The first-order valence-corrected chi connectivity index (χ1v) is 9.75. The highest BCUT2D eigenvalue weighted by molar-refractivity contribution is 7.89. The Morgan fingerprint density at radius 2 is 1.81 bits per heavy atom. The van der Waals surface area contributed by atoms with E-state index in [-0.39, 0.29) is 16.2 Å². The minimum absolute atomic E-state index is 0.112. The van der Waals surface area contributed by atoms with Crippen LogP contribution < -0.4 is 24.2 Å². The summed E-state index contributed by atoms with van der Waals surface area (Å²) >= 11 is 0. The van der Waals surface area contributed by atoms with E-state index in [1.54, 1.807) is 18.2 Å². The van der Waals surface area contributed by atoms with Crippen molar-refractivity contribution in [3.8, 4) is 17.2 Å². The molecule has 144 valence electrons. The van der Waals surface area contributed by atoms with Gasteiger partial charge >= 0.3 is 0 Å². The van der Waals surface area contributed by atoms with Gasteiger partial charge in [0, 0.05) is 23.7 Å². The fourth-order valence-corrected chi connectivity index (χ4v) is 3.50. The largest absolute Gasteiger partial charge is 0.495 e. The van der Waals surface area contributed by atoms with Crippen LogP contribution in [0.3, 0.4) is 0 Å². The van der Waals surface area contributed by atoms with Gasteiger partial charge in [-0.25, -0.2) is 13.1 Å². The molecule has 2 aromatic carbocycles. The number of anilines is 1. The molecule has 8 nitrogen and oxygen atoms in total. The molecule has 0 radical (unpaired) electrons. The van der Waals surface area contributed by atoms with Crippen LogP contribution in [0.25, 0.3) is 0 Å². The lowest BCUT2D eigenvalue weighted by Crippen LogP contribution is -2.20. The molecule has 0 bridgehead atoms. The fraction of sp³-hybridized carbons (Fsp3) is 0.278. The minimum atomic E-state index is -3.78. The molecule has 0 saturated carbocycles. The Hall–Kier alpha value is -2.78. The Morgan fingerprint density at radius 3 is 2.52 bits per heavy atom. The smallest absolute Gasteiger partial charge is 0.255 e. The van der Waals surface area contributed by atoms with Gasteiger partial charge in [-0.2, -0.15) is 0 Å². The van der Waals surface area contributed by atoms with E-state index in [2.05, 4.69) is 10.0 Å². The van der Waals surface area contributed by atoms with Crippen LogP contribution in [0.5, 0.6) is 17.2 Å². The summed E-state index contributed by atoms with van der Waals surface area (Å²) < 4.78 is 42.8. The molecule has 27 heavy (non-hydrogen) atoms. The molecule has 0 saturated heterocycles. The highest BCUT2D eigenvalue weighted by Gasteiger charge is 2.20. The number of benzene rings is 2. The van der Waals surface area contributed by atoms with Crippen molar-refractivity contribution in [1.82, 2.24) is 4.72 Å². The van der Waals surface area contributed by atoms with E-state index in [0.717, 1.165) is 6.42 Å². The molecular weight excluding hydrogens is 372 g/mol. The zero-order valence-electron chi connectivity index (χ0n) is 14.9. The average molecular weight is 392 g/mol. The predicted molar refractivity (Wildman–Crippen MR) is 99.2 cm³/mol. The van der Waals surface area contributed by atoms with Crippen LogP contribution in [0, 0.1) is 0 Å². The van der Waals surface area contributed by atoms with Gasteiger partial charge in [0.05, 0.1) is 20.3 Å². The van der Waals surface area contributed by atoms with Crippen LogP contribution in [0.1, 0.15) is 16.8 Å². The number of fused-ring (bicyclic) bond motifs is 1. The van der Waals surface area contributed by atoms with E-state index >= 15 is 0 Å². The topological polar surface area (TPSA) is 103 Å². The first-order valence-electron chi connectivity index (χ1n) is 8.27. The number of hydrogen-bond donors (Lipinski definition) is 2. The summed E-state index contributed by atoms with van der Waals surface area (Å²) in [6.45, 7) is 1.11. The number of methoxy groups -OCH3 is 1. The Kier molecular flexibility index (Phi) is 5.52. The number of nitrogens with one attached hydrogen (secondary N) is 2. The highest BCUT2D eigenvalue weighted by atomic mass is 32.2. The van der Waals surface area contributed by atoms with E-state index in [0.29, 0.717) is 30.4 Å². The van der Waals surface area contributed by atoms with E-state index < -0.39 is 15.9 Å². The van der Waals surface area contributed by atoms with Gasteiger partial charge in [-0.15, -0.1) is 0 Å². The maximum atomic E-state index is 12.6. The number of hydrogen-bond acceptors (Lipinski definition) is 6. The van der Waals surface area contributed by atoms with E-state index in [9.17, 15) is 13.2 Å². The van der Waals surface area contributed by atoms with Crippen LogP contribution in [-0.2, 0) is 10.0 Å². The number of carbonyl (C=O) groups excluding carboxylic acids is 1. The summed E-state index contributed by atoms with van der Waals surface area (Å²) in [5, 5.41) is 2.73. The van der Waals surface area contributed by atoms with Crippen molar-refractivity contribution in [3.05, 3.63) is 42.0 Å². The van der Waals surface area contributed by atoms with Crippen LogP contribution in [0.15, 0.2) is 41.3 Å². The average Bonchev–Trinajstić information content (AvgIpc) is 2.92. The van der Waals surface area contributed by atoms with Gasteiger partial charge in [0.15, 0.2) is 11.5 Å². The summed E-state index contributed by atoms with van der Waals surface area (Å²) in [5.41, 5.74) is 0.690. The van der Waals surface area contributed by atoms with E-state index in [1.807, 2.05) is 0 Å². The first-order chi connectivity index (χ1) is 12.9. The molecule has 0 aromatic heterocycles. The molecule has 1 amide bonds. The zero-order chi connectivity index (χ0) is 19.4. The molecule has 0 atom stereocenters. The van der Waals surface area contributed by atoms with E-state index in [1.165, 1.54) is 32.4 Å². The monoisotopic (exact) mass is 392 g/mol. The lowest BCUT2D eigenvalue weighted by molar-refractivity contribution is 0.102. The highest BCUT2D eigenvalue weighted by Crippen LogP contribution is 2.32. The molecule has 1 aliphatic heterocycles. The molecule has 0 fully saturated rings. The summed E-state index contributed by atoms with van der Waals surface area (Å²) in [5.74, 6) is 0.868. The lowest BCUT2D eigenvalue weighted by Gasteiger charge is -2.12. The number of amides is 1. The van der Waals surface area contributed by atoms with Crippen molar-refractivity contribution in [1.29, 1.82) is 0 Å². The molecule has 0 aliphatic carbocycles. The molecule has 2 N–H and O–H groups in total. The number of sulfonamides is 1. The van der Waals surface area contributed by atoms with Crippen LogP contribution in [-0.4, -0.2) is 41.7 Å². The van der Waals surface area contributed by atoms with Crippen molar-refractivity contribution < 1.29 is 27.4 Å². The second kappa shape index (κ2) is 7.85. The third kappa shape index (κ3) is 4.15. The van der Waals surface area contributed by atoms with Crippen molar-refractivity contribution >= 4 is 21.6 Å². The van der Waals surface area contributed by atoms with Crippen molar-refractivity contribution in [2.24, 2.45) is 0 Å². The van der Waals surface area contributed by atoms with Gasteiger partial charge in [0.1, 0.15) is 10.6 Å². The van der Waals surface area contributed by atoms with Crippen molar-refractivity contribution in [2.75, 3.05) is 32.7 Å². The fourth-order valence-electron chi connectivity index (χ4n) is 2.58. The number of ether oxygens (including phenoxy) is 3. The summed E-state index contributed by atoms with van der Waals surface area (Å²) in [4.78, 5) is 12.5. The Morgan fingerprint density at radius 1 is 1.07 bits per heavy atom. The van der Waals surface area contributed by atoms with Crippen LogP contribution >= 0.6 is 0 Å². The Bertz CT molecular complexity index is 958. The van der Waals surface area contributed by atoms with Gasteiger partial charge < -0.3 is 19.5 Å². The predicted octanol–water partition coefficient (Wildman–Crippen LogP) is 2.02. The maximum absolute atomic E-state index is 12.6. The molecule has 1 aliphatic rings. The quantitative estimate of drug-likeness (QED) is 0.807. The van der Waals surface area contributed by atoms with Crippen molar-refractivity contribution in [2.45, 2.75) is 11.3 Å². The van der Waals surface area contributed by atoms with Gasteiger partial charge in [0.25, 0.3) is 5.91 Å². The molecule has 1 heterocycles. The second-order valence-electron chi connectivity index (χ2n) is 5.74. The third-order valence-electron chi connectivity index (χ3n) is 3.99. The van der Waals surface area contributed by atoms with Crippen LogP contribution in [0.2, 0.25) is 0 Å². The van der Waals surface area contributed by atoms with Gasteiger partial charge in [-0.05, 0) is 37.4 Å². The standard InChI is InChI=1S/C18H20N2O6S/c1-19-27(22,23)17-10-12(4-6-15(17)24-2)18(21)20-13-5-7-14-16(11-13)26-9-3-8-25-14/h4-7,10-11,19H,3,8-9H2,1-2H3,(H,20,21). The third-order valence-corrected chi connectivity index (χ3v) is 5.42. The molecule has 2 aromatic rings. The Balaban J connectivity index is 1.86. The van der Waals surface area contributed by atoms with Crippen LogP contribution in [0.4, 0.5) is 5.69 Å². The second-order valence-corrected chi connectivity index (χ2v) is 7.59. The summed E-state index contributed by atoms with van der Waals surface area (Å²) in [6, 6.07) is 9.29. The SMILES string of the molecule is CNS(=O)(=O)c1cc(C(=O)Nc2ccc3c(c2)OCCCO3)ccc1OC. The molecule has 3 rings (SSSR count). The summed E-state index contributed by atoms with van der Waals surface area (Å²) in [7, 11) is -1.12. The van der Waals surface area contributed by atoms with Gasteiger partial charge in [-0.1, -0.05) is 0 Å². The number of carbonyl (C=O) groups is 1. The van der Waals surface area contributed by atoms with Gasteiger partial charge in [0.2, 0.25) is 10.0 Å². The lowest BCUT2D eigenvalue weighted by atomic mass is 10.2. The molecular formula is C18H20N2O6S. The molecule has 9 heteroatoms. The van der Waals surface area contributed by atoms with Gasteiger partial charge in [-0.3, -0.25) is 4.79 Å². The van der Waals surface area contributed by atoms with E-state index in [4.69, 9.17) is 14.2 Å². The normalized spacial score (nSPS) is 13.6. The zero-order valence-corrected chi connectivity index (χ0v) is 15.8. The van der Waals surface area contributed by atoms with Crippen molar-refractivity contribution in [3.63, 3.8) is 0 Å². The summed E-state index contributed by atoms with van der Waals surface area (Å²) in [6.07, 6.45) is 0.783. The Labute approximate surface area is 157 Å². The maximum Gasteiger partial charge on any atom is 0.255 e.